The second-order valence-corrected chi connectivity index (χ2v) is 14.1. The molecule has 7 N–H and O–H groups in total. The lowest BCUT2D eigenvalue weighted by Crippen LogP contribution is -2.76. The van der Waals surface area contributed by atoms with Crippen LogP contribution in [0.3, 0.4) is 0 Å². The van der Waals surface area contributed by atoms with Crippen molar-refractivity contribution in [2.45, 2.75) is 125 Å². The number of ether oxygens (including phenoxy) is 3. The molecule has 4 fully saturated rings. The van der Waals surface area contributed by atoms with E-state index in [1.807, 2.05) is 6.92 Å². The van der Waals surface area contributed by atoms with Crippen LogP contribution in [0.2, 0.25) is 0 Å². The fourth-order valence-electron chi connectivity index (χ4n) is 9.60. The van der Waals surface area contributed by atoms with Crippen LogP contribution < -0.4 is 5.63 Å². The summed E-state index contributed by atoms with van der Waals surface area (Å²) in [5.41, 5.74) is -4.87. The van der Waals surface area contributed by atoms with Crippen molar-refractivity contribution in [1.29, 1.82) is 0 Å². The molecule has 1 aromatic rings. The van der Waals surface area contributed by atoms with Crippen molar-refractivity contribution in [2.24, 2.45) is 16.7 Å². The molecule has 0 spiro atoms. The van der Waals surface area contributed by atoms with Gasteiger partial charge in [-0.05, 0) is 60.6 Å². The minimum atomic E-state index is -1.79. The van der Waals surface area contributed by atoms with Crippen molar-refractivity contribution in [3.05, 3.63) is 46.0 Å². The Morgan fingerprint density at radius 3 is 2.42 bits per heavy atom. The number of carbonyl (C=O) groups excluding carboxylic acids is 1. The van der Waals surface area contributed by atoms with E-state index in [0.29, 0.717) is 30.4 Å². The maximum absolute atomic E-state index is 12.8. The molecular formula is C32H44O13. The Labute approximate surface area is 260 Å². The van der Waals surface area contributed by atoms with Crippen LogP contribution in [0, 0.1) is 16.7 Å². The minimum Gasteiger partial charge on any atom is -0.458 e. The lowest BCUT2D eigenvalue weighted by Gasteiger charge is -2.67. The molecule has 1 saturated heterocycles. The van der Waals surface area contributed by atoms with Crippen molar-refractivity contribution in [3.8, 4) is 0 Å². The quantitative estimate of drug-likeness (QED) is 0.162. The molecular weight excluding hydrogens is 592 g/mol. The topological polar surface area (TPSA) is 217 Å². The predicted octanol–water partition coefficient (Wildman–Crippen LogP) is -0.386. The number of esters is 1. The van der Waals surface area contributed by atoms with Gasteiger partial charge in [-0.25, -0.2) is 4.79 Å². The second kappa shape index (κ2) is 11.2. The van der Waals surface area contributed by atoms with Crippen LogP contribution in [0.15, 0.2) is 39.3 Å². The fraction of sp³-hybridized carbons (Fsp3) is 0.750. The first-order chi connectivity index (χ1) is 21.1. The van der Waals surface area contributed by atoms with E-state index in [2.05, 4.69) is 0 Å². The molecule has 6 rings (SSSR count). The van der Waals surface area contributed by atoms with Gasteiger partial charge in [-0.15, -0.1) is 0 Å². The smallest absolute Gasteiger partial charge is 0.335 e. The fourth-order valence-corrected chi connectivity index (χ4v) is 9.60. The van der Waals surface area contributed by atoms with Crippen molar-refractivity contribution in [2.75, 3.05) is 6.61 Å². The van der Waals surface area contributed by atoms with Gasteiger partial charge in [0.1, 0.15) is 41.7 Å². The number of hydrogen-bond donors (Lipinski definition) is 7. The van der Waals surface area contributed by atoms with Crippen molar-refractivity contribution < 1.29 is 59.2 Å². The molecule has 13 heteroatoms. The molecule has 45 heavy (non-hydrogen) atoms. The summed E-state index contributed by atoms with van der Waals surface area (Å²) in [5.74, 6) is -1.65. The Bertz CT molecular complexity index is 1370. The predicted molar refractivity (Wildman–Crippen MR) is 153 cm³/mol. The lowest BCUT2D eigenvalue weighted by molar-refractivity contribution is -0.315. The zero-order valence-electron chi connectivity index (χ0n) is 25.6. The maximum atomic E-state index is 12.8. The van der Waals surface area contributed by atoms with E-state index in [1.165, 1.54) is 19.3 Å². The summed E-state index contributed by atoms with van der Waals surface area (Å²) in [6.45, 7) is 4.34. The second-order valence-electron chi connectivity index (χ2n) is 14.1. The highest BCUT2D eigenvalue weighted by Gasteiger charge is 2.77. The SMILES string of the molecule is CC(=O)OC1CC2(O)C(CC(O)C3(C)C(c4ccc(=O)oc4)CCC23O)C2(C)CCC(OC3OC(CO)C(O)C(O)C3O)C=C12. The summed E-state index contributed by atoms with van der Waals surface area (Å²) in [6, 6.07) is 2.92. The molecule has 1 aromatic heterocycles. The van der Waals surface area contributed by atoms with Gasteiger partial charge >= 0.3 is 11.6 Å². The summed E-state index contributed by atoms with van der Waals surface area (Å²) in [7, 11) is 0. The number of aliphatic hydroxyl groups excluding tert-OH is 5. The largest absolute Gasteiger partial charge is 0.458 e. The van der Waals surface area contributed by atoms with Gasteiger partial charge in [0.2, 0.25) is 0 Å². The summed E-state index contributed by atoms with van der Waals surface area (Å²) < 4.78 is 22.5. The standard InChI is InChI=1S/C32H44O13/c1-15(34)43-20-12-31(40)22(11-23(35)30(3)18(7-9-32(30,31)41)16-4-5-24(36)42-14-16)29(2)8-6-17(10-19(20)29)44-28-27(39)26(38)25(37)21(13-33)45-28/h4-5,10,14,17-18,20-23,25-28,33,35,37-41H,6-9,11-13H2,1-3H3. The molecule has 0 radical (unpaired) electrons. The van der Waals surface area contributed by atoms with Crippen LogP contribution in [0.25, 0.3) is 0 Å². The zero-order valence-corrected chi connectivity index (χ0v) is 25.6. The summed E-state index contributed by atoms with van der Waals surface area (Å²) in [6.07, 6.45) is -5.52. The molecule has 1 aliphatic heterocycles. The highest BCUT2D eigenvalue weighted by atomic mass is 16.7. The molecule has 14 atom stereocenters. The first-order valence-electron chi connectivity index (χ1n) is 15.7. The van der Waals surface area contributed by atoms with Crippen LogP contribution >= 0.6 is 0 Å². The molecule has 3 saturated carbocycles. The van der Waals surface area contributed by atoms with E-state index in [9.17, 15) is 45.3 Å². The average Bonchev–Trinajstić information content (AvgIpc) is 3.28. The van der Waals surface area contributed by atoms with Gasteiger partial charge in [0, 0.05) is 30.7 Å². The van der Waals surface area contributed by atoms with Crippen LogP contribution in [0.1, 0.15) is 70.8 Å². The van der Waals surface area contributed by atoms with E-state index in [0.717, 1.165) is 0 Å². The molecule has 14 unspecified atom stereocenters. The Morgan fingerprint density at radius 2 is 1.78 bits per heavy atom. The maximum Gasteiger partial charge on any atom is 0.335 e. The number of fused-ring (bicyclic) bond motifs is 5. The molecule has 13 nitrogen and oxygen atoms in total. The number of aliphatic hydroxyl groups is 7. The molecule has 4 aliphatic carbocycles. The van der Waals surface area contributed by atoms with E-state index >= 15 is 0 Å². The van der Waals surface area contributed by atoms with Gasteiger partial charge in [0.15, 0.2) is 6.29 Å². The van der Waals surface area contributed by atoms with Crippen molar-refractivity contribution >= 4 is 5.97 Å². The molecule has 250 valence electrons. The third-order valence-electron chi connectivity index (χ3n) is 12.0. The monoisotopic (exact) mass is 636 g/mol. The molecule has 2 heterocycles. The van der Waals surface area contributed by atoms with E-state index in [4.69, 9.17) is 18.6 Å². The minimum absolute atomic E-state index is 0.138. The molecule has 0 aromatic carbocycles. The Morgan fingerprint density at radius 1 is 1.04 bits per heavy atom. The molecule has 0 bridgehead atoms. The Hall–Kier alpha value is -2.20. The van der Waals surface area contributed by atoms with Crippen molar-refractivity contribution in [3.63, 3.8) is 0 Å². The van der Waals surface area contributed by atoms with E-state index in [1.54, 1.807) is 19.1 Å². The van der Waals surface area contributed by atoms with Gasteiger partial charge in [-0.1, -0.05) is 19.9 Å². The molecule has 0 amide bonds. The van der Waals surface area contributed by atoms with Crippen LogP contribution in [-0.4, -0.2) is 109 Å². The summed E-state index contributed by atoms with van der Waals surface area (Å²) in [4.78, 5) is 24.0. The Kier molecular flexibility index (Phi) is 8.15. The first-order valence-corrected chi connectivity index (χ1v) is 15.7. The number of carbonyl (C=O) groups is 1. The lowest BCUT2D eigenvalue weighted by atomic mass is 9.41. The Balaban J connectivity index is 1.36. The van der Waals surface area contributed by atoms with Gasteiger partial charge in [-0.3, -0.25) is 4.79 Å². The van der Waals surface area contributed by atoms with Crippen molar-refractivity contribution in [1.82, 2.24) is 0 Å². The third kappa shape index (κ3) is 4.69. The van der Waals surface area contributed by atoms with Gasteiger partial charge < -0.3 is 54.4 Å². The highest BCUT2D eigenvalue weighted by Crippen LogP contribution is 2.71. The van der Waals surface area contributed by atoms with Gasteiger partial charge in [0.25, 0.3) is 0 Å². The number of hydrogen-bond acceptors (Lipinski definition) is 13. The number of rotatable bonds is 5. The van der Waals surface area contributed by atoms with Crippen LogP contribution in [0.4, 0.5) is 0 Å². The van der Waals surface area contributed by atoms with Gasteiger partial charge in [-0.2, -0.15) is 0 Å². The van der Waals surface area contributed by atoms with E-state index < -0.39 is 101 Å². The average molecular weight is 637 g/mol. The first kappa shape index (κ1) is 32.7. The van der Waals surface area contributed by atoms with Gasteiger partial charge in [0.05, 0.1) is 25.1 Å². The summed E-state index contributed by atoms with van der Waals surface area (Å²) in [5, 5.41) is 77.7. The van der Waals surface area contributed by atoms with E-state index in [-0.39, 0.29) is 19.3 Å². The molecule has 5 aliphatic rings. The third-order valence-corrected chi connectivity index (χ3v) is 12.0. The summed E-state index contributed by atoms with van der Waals surface area (Å²) >= 11 is 0. The zero-order chi connectivity index (χ0) is 32.7. The van der Waals surface area contributed by atoms with Crippen LogP contribution in [-0.2, 0) is 19.0 Å². The highest BCUT2D eigenvalue weighted by molar-refractivity contribution is 5.66. The van der Waals surface area contributed by atoms with Crippen LogP contribution in [0.5, 0.6) is 0 Å². The normalized spacial score (nSPS) is 49.3.